The summed E-state index contributed by atoms with van der Waals surface area (Å²) in [6.45, 7) is 2.74. The third kappa shape index (κ3) is 4.00. The molecule has 0 radical (unpaired) electrons. The molecule has 1 heterocycles. The monoisotopic (exact) mass is 403 g/mol. The van der Waals surface area contributed by atoms with Crippen LogP contribution in [0.4, 0.5) is 17.1 Å². The van der Waals surface area contributed by atoms with E-state index in [-0.39, 0.29) is 22.5 Å². The Balaban J connectivity index is 1.85. The van der Waals surface area contributed by atoms with Crippen molar-refractivity contribution < 1.29 is 23.1 Å². The van der Waals surface area contributed by atoms with E-state index in [1.54, 1.807) is 35.2 Å². The molecule has 3 N–H and O–H groups in total. The van der Waals surface area contributed by atoms with Gasteiger partial charge in [0, 0.05) is 24.3 Å². The van der Waals surface area contributed by atoms with Crippen LogP contribution in [0.15, 0.2) is 47.4 Å². The van der Waals surface area contributed by atoms with E-state index < -0.39 is 22.5 Å². The minimum absolute atomic E-state index is 0.0229. The molecule has 0 fully saturated rings. The van der Waals surface area contributed by atoms with E-state index >= 15 is 0 Å². The van der Waals surface area contributed by atoms with Crippen molar-refractivity contribution in [3.63, 3.8) is 0 Å². The molecule has 3 rings (SSSR count). The van der Waals surface area contributed by atoms with Gasteiger partial charge in [-0.3, -0.25) is 14.3 Å². The van der Waals surface area contributed by atoms with Crippen LogP contribution in [0.3, 0.4) is 0 Å². The Hall–Kier alpha value is -2.91. The second-order valence-corrected chi connectivity index (χ2v) is 8.31. The molecule has 0 saturated carbocycles. The summed E-state index contributed by atoms with van der Waals surface area (Å²) in [5.74, 6) is -0.676. The second kappa shape index (κ2) is 7.61. The van der Waals surface area contributed by atoms with Crippen molar-refractivity contribution in [1.29, 1.82) is 0 Å². The normalized spacial score (nSPS) is 15.8. The smallest absolute Gasteiger partial charge is 0.261 e. The first-order valence-electron chi connectivity index (χ1n) is 8.67. The number of nitrogens with zero attached hydrogens (tertiary/aromatic N) is 1. The van der Waals surface area contributed by atoms with Gasteiger partial charge in [0.15, 0.2) is 0 Å². The van der Waals surface area contributed by atoms with Crippen molar-refractivity contribution in [1.82, 2.24) is 0 Å². The van der Waals surface area contributed by atoms with Crippen molar-refractivity contribution in [3.05, 3.63) is 48.0 Å². The molecule has 0 aromatic heterocycles. The average molecular weight is 403 g/mol. The summed E-state index contributed by atoms with van der Waals surface area (Å²) in [6, 6.07) is 10.8. The number of rotatable bonds is 5. The van der Waals surface area contributed by atoms with Gasteiger partial charge in [-0.1, -0.05) is 6.07 Å². The Labute approximate surface area is 163 Å². The van der Waals surface area contributed by atoms with Gasteiger partial charge in [-0.15, -0.1) is 0 Å². The van der Waals surface area contributed by atoms with E-state index in [2.05, 4.69) is 10.0 Å². The van der Waals surface area contributed by atoms with E-state index in [4.69, 9.17) is 5.11 Å². The van der Waals surface area contributed by atoms with Crippen molar-refractivity contribution in [2.75, 3.05) is 21.5 Å². The highest BCUT2D eigenvalue weighted by molar-refractivity contribution is 7.92. The maximum Gasteiger partial charge on any atom is 0.261 e. The molecule has 1 aliphatic rings. The first-order chi connectivity index (χ1) is 13.2. The number of hydrogen-bond donors (Lipinski definition) is 3. The van der Waals surface area contributed by atoms with Gasteiger partial charge in [-0.05, 0) is 55.3 Å². The maximum absolute atomic E-state index is 12.8. The fraction of sp³-hybridized carbons (Fsp3) is 0.263. The molecule has 8 nitrogen and oxygen atoms in total. The van der Waals surface area contributed by atoms with Gasteiger partial charge in [-0.25, -0.2) is 8.42 Å². The number of carbonyl (C=O) groups is 2. The largest absolute Gasteiger partial charge is 0.387 e. The number of fused-ring (bicyclic) bond motifs is 1. The van der Waals surface area contributed by atoms with E-state index in [9.17, 15) is 18.0 Å². The van der Waals surface area contributed by atoms with Gasteiger partial charge in [0.2, 0.25) is 11.8 Å². The molecule has 0 saturated heterocycles. The summed E-state index contributed by atoms with van der Waals surface area (Å²) >= 11 is 0. The van der Waals surface area contributed by atoms with Crippen LogP contribution in [0.2, 0.25) is 0 Å². The third-order valence-corrected chi connectivity index (χ3v) is 5.84. The summed E-state index contributed by atoms with van der Waals surface area (Å²) in [7, 11) is -3.86. The van der Waals surface area contributed by atoms with Crippen LogP contribution in [-0.2, 0) is 26.0 Å². The lowest BCUT2D eigenvalue weighted by Gasteiger charge is -2.20. The van der Waals surface area contributed by atoms with Crippen LogP contribution >= 0.6 is 0 Å². The van der Waals surface area contributed by atoms with Gasteiger partial charge in [0.1, 0.15) is 6.61 Å². The van der Waals surface area contributed by atoms with Crippen LogP contribution in [0.1, 0.15) is 19.4 Å². The van der Waals surface area contributed by atoms with Gasteiger partial charge < -0.3 is 15.3 Å². The second-order valence-electron chi connectivity index (χ2n) is 6.63. The number of carbonyl (C=O) groups excluding carboxylic acids is 2. The molecule has 148 valence electrons. The number of aliphatic hydroxyl groups excluding tert-OH is 1. The van der Waals surface area contributed by atoms with E-state index in [0.29, 0.717) is 12.1 Å². The number of benzene rings is 2. The van der Waals surface area contributed by atoms with E-state index in [1.165, 1.54) is 19.1 Å². The summed E-state index contributed by atoms with van der Waals surface area (Å²) in [5, 5.41) is 11.3. The summed E-state index contributed by atoms with van der Waals surface area (Å²) in [5.41, 5.74) is 2.16. The lowest BCUT2D eigenvalue weighted by atomic mass is 10.1. The Kier molecular flexibility index (Phi) is 5.39. The van der Waals surface area contributed by atoms with Crippen molar-refractivity contribution >= 4 is 38.9 Å². The van der Waals surface area contributed by atoms with Gasteiger partial charge in [-0.2, -0.15) is 0 Å². The predicted octanol–water partition coefficient (Wildman–Crippen LogP) is 1.72. The minimum atomic E-state index is -3.86. The van der Waals surface area contributed by atoms with Gasteiger partial charge in [0.25, 0.3) is 10.0 Å². The van der Waals surface area contributed by atoms with Crippen LogP contribution in [0, 0.1) is 0 Å². The minimum Gasteiger partial charge on any atom is -0.387 e. The first-order valence-corrected chi connectivity index (χ1v) is 10.2. The first kappa shape index (κ1) is 19.8. The summed E-state index contributed by atoms with van der Waals surface area (Å²) in [6.07, 6.45) is 0.584. The standard InChI is InChI=1S/C19H21N3O5S/c1-12-8-14-9-17(6-7-18(14)22(12)13(2)24)28(26,27)21-16-5-3-4-15(10-16)20-19(25)11-23/h3-7,9-10,12,21,23H,8,11H2,1-2H3,(H,20,25). The zero-order valence-corrected chi connectivity index (χ0v) is 16.3. The van der Waals surface area contributed by atoms with E-state index in [1.807, 2.05) is 6.92 Å². The molecule has 2 aromatic carbocycles. The maximum atomic E-state index is 12.8. The zero-order chi connectivity index (χ0) is 20.5. The number of hydrogen-bond acceptors (Lipinski definition) is 5. The van der Waals surface area contributed by atoms with Crippen LogP contribution < -0.4 is 14.9 Å². The number of anilines is 3. The topological polar surface area (TPSA) is 116 Å². The molecule has 1 aliphatic heterocycles. The Bertz CT molecular complexity index is 1040. The number of aliphatic hydroxyl groups is 1. The number of amides is 2. The highest BCUT2D eigenvalue weighted by atomic mass is 32.2. The lowest BCUT2D eigenvalue weighted by molar-refractivity contribution is -0.119. The molecular formula is C19H21N3O5S. The van der Waals surface area contributed by atoms with E-state index in [0.717, 1.165) is 11.3 Å². The quantitative estimate of drug-likeness (QED) is 0.703. The fourth-order valence-electron chi connectivity index (χ4n) is 3.33. The van der Waals surface area contributed by atoms with Crippen molar-refractivity contribution in [2.45, 2.75) is 31.2 Å². The molecular weight excluding hydrogens is 382 g/mol. The SMILES string of the molecule is CC(=O)N1c2ccc(S(=O)(=O)Nc3cccc(NC(=O)CO)c3)cc2CC1C. The van der Waals surface area contributed by atoms with Gasteiger partial charge in [0.05, 0.1) is 10.6 Å². The Morgan fingerprint density at radius 1 is 1.18 bits per heavy atom. The van der Waals surface area contributed by atoms with Crippen LogP contribution in [-0.4, -0.2) is 38.0 Å². The molecule has 9 heteroatoms. The van der Waals surface area contributed by atoms with Gasteiger partial charge >= 0.3 is 0 Å². The average Bonchev–Trinajstić information content (AvgIpc) is 2.96. The fourth-order valence-corrected chi connectivity index (χ4v) is 4.43. The highest BCUT2D eigenvalue weighted by Crippen LogP contribution is 2.34. The van der Waals surface area contributed by atoms with Crippen LogP contribution in [0.5, 0.6) is 0 Å². The molecule has 28 heavy (non-hydrogen) atoms. The molecule has 0 bridgehead atoms. The van der Waals surface area contributed by atoms with Crippen LogP contribution in [0.25, 0.3) is 0 Å². The van der Waals surface area contributed by atoms with Crippen molar-refractivity contribution in [2.24, 2.45) is 0 Å². The third-order valence-electron chi connectivity index (χ3n) is 4.46. The molecule has 0 aliphatic carbocycles. The number of sulfonamides is 1. The zero-order valence-electron chi connectivity index (χ0n) is 15.5. The summed E-state index contributed by atoms with van der Waals surface area (Å²) < 4.78 is 28.0. The molecule has 1 unspecified atom stereocenters. The molecule has 1 atom stereocenters. The molecule has 2 amide bonds. The highest BCUT2D eigenvalue weighted by Gasteiger charge is 2.30. The lowest BCUT2D eigenvalue weighted by Crippen LogP contribution is -2.33. The molecule has 0 spiro atoms. The van der Waals surface area contributed by atoms with Crippen molar-refractivity contribution in [3.8, 4) is 0 Å². The summed E-state index contributed by atoms with van der Waals surface area (Å²) in [4.78, 5) is 24.9. The Morgan fingerprint density at radius 2 is 1.89 bits per heavy atom. The Morgan fingerprint density at radius 3 is 2.57 bits per heavy atom. The predicted molar refractivity (Wildman–Crippen MR) is 106 cm³/mol. The molecule has 2 aromatic rings. The number of nitrogens with one attached hydrogen (secondary N) is 2.